The van der Waals surface area contributed by atoms with Crippen LogP contribution in [0.15, 0.2) is 36.7 Å². The van der Waals surface area contributed by atoms with Crippen LogP contribution in [-0.2, 0) is 13.1 Å². The normalized spacial score (nSPS) is 16.9. The van der Waals surface area contributed by atoms with E-state index in [1.165, 1.54) is 0 Å². The maximum atomic E-state index is 10.3. The summed E-state index contributed by atoms with van der Waals surface area (Å²) in [6, 6.07) is 8.07. The second kappa shape index (κ2) is 5.77. The zero-order chi connectivity index (χ0) is 13.9. The van der Waals surface area contributed by atoms with Gasteiger partial charge in [0.2, 0.25) is 0 Å². The van der Waals surface area contributed by atoms with Gasteiger partial charge in [-0.2, -0.15) is 0 Å². The van der Waals surface area contributed by atoms with Crippen LogP contribution in [-0.4, -0.2) is 32.6 Å². The molecule has 2 aromatic rings. The van der Waals surface area contributed by atoms with Crippen molar-refractivity contribution in [2.24, 2.45) is 0 Å². The van der Waals surface area contributed by atoms with Gasteiger partial charge in [0.05, 0.1) is 12.6 Å². The van der Waals surface area contributed by atoms with Crippen molar-refractivity contribution in [1.29, 1.82) is 0 Å². The monoisotopic (exact) mass is 271 g/mol. The molecule has 0 saturated heterocycles. The summed E-state index contributed by atoms with van der Waals surface area (Å²) in [5.74, 6) is 1.13. The van der Waals surface area contributed by atoms with Gasteiger partial charge in [-0.1, -0.05) is 24.3 Å². The topological polar surface area (TPSA) is 41.3 Å². The summed E-state index contributed by atoms with van der Waals surface area (Å²) in [5, 5.41) is 10.3. The molecule has 20 heavy (non-hydrogen) atoms. The molecule has 106 valence electrons. The Kier molecular flexibility index (Phi) is 3.85. The number of aliphatic hydroxyl groups excluding tert-OH is 1. The lowest BCUT2D eigenvalue weighted by molar-refractivity contribution is 0.129. The molecule has 1 atom stereocenters. The van der Waals surface area contributed by atoms with E-state index in [2.05, 4.69) is 27.4 Å². The minimum atomic E-state index is -0.377. The molecule has 0 saturated carbocycles. The first-order valence-corrected chi connectivity index (χ1v) is 7.20. The third-order valence-corrected chi connectivity index (χ3v) is 4.09. The molecule has 0 amide bonds. The van der Waals surface area contributed by atoms with Crippen LogP contribution in [0.25, 0.3) is 0 Å². The highest BCUT2D eigenvalue weighted by Gasteiger charge is 2.18. The number of nitrogens with zero attached hydrogens (tertiary/aromatic N) is 3. The van der Waals surface area contributed by atoms with E-state index in [4.69, 9.17) is 0 Å². The maximum Gasteiger partial charge on any atom is 0.122 e. The highest BCUT2D eigenvalue weighted by Crippen LogP contribution is 2.21. The van der Waals surface area contributed by atoms with E-state index in [1.807, 2.05) is 30.6 Å². The molecule has 1 aliphatic rings. The van der Waals surface area contributed by atoms with Crippen molar-refractivity contribution >= 4 is 0 Å². The number of aliphatic hydroxyl groups is 1. The first-order valence-electron chi connectivity index (χ1n) is 7.20. The van der Waals surface area contributed by atoms with Gasteiger partial charge in [0.1, 0.15) is 5.82 Å². The Hall–Kier alpha value is -1.65. The van der Waals surface area contributed by atoms with E-state index in [9.17, 15) is 5.11 Å². The Morgan fingerprint density at radius 3 is 3.00 bits per heavy atom. The smallest absolute Gasteiger partial charge is 0.122 e. The highest BCUT2D eigenvalue weighted by molar-refractivity contribution is 5.27. The van der Waals surface area contributed by atoms with E-state index in [1.54, 1.807) is 0 Å². The van der Waals surface area contributed by atoms with Crippen molar-refractivity contribution in [2.75, 3.05) is 13.1 Å². The second-order valence-corrected chi connectivity index (χ2v) is 5.47. The molecule has 4 heteroatoms. The molecule has 0 fully saturated rings. The molecule has 3 rings (SSSR count). The van der Waals surface area contributed by atoms with E-state index >= 15 is 0 Å². The number of rotatable bonds is 4. The third-order valence-electron chi connectivity index (χ3n) is 4.09. The van der Waals surface area contributed by atoms with Gasteiger partial charge < -0.3 is 9.67 Å². The first kappa shape index (κ1) is 13.3. The molecular weight excluding hydrogens is 250 g/mol. The van der Waals surface area contributed by atoms with Gasteiger partial charge >= 0.3 is 0 Å². The lowest BCUT2D eigenvalue weighted by Crippen LogP contribution is -2.34. The number of benzene rings is 1. The van der Waals surface area contributed by atoms with E-state index in [0.29, 0.717) is 0 Å². The quantitative estimate of drug-likeness (QED) is 0.926. The van der Waals surface area contributed by atoms with Crippen LogP contribution < -0.4 is 0 Å². The van der Waals surface area contributed by atoms with Crippen LogP contribution in [0.5, 0.6) is 0 Å². The predicted octanol–water partition coefficient (Wildman–Crippen LogP) is 2.13. The fourth-order valence-electron chi connectivity index (χ4n) is 2.84. The molecule has 1 N–H and O–H groups in total. The minimum Gasteiger partial charge on any atom is -0.388 e. The fraction of sp³-hybridized carbons (Fsp3) is 0.438. The molecule has 1 aromatic heterocycles. The number of imidazole rings is 1. The third kappa shape index (κ3) is 2.76. The second-order valence-electron chi connectivity index (χ2n) is 5.47. The van der Waals surface area contributed by atoms with Gasteiger partial charge in [-0.3, -0.25) is 4.90 Å². The Morgan fingerprint density at radius 1 is 1.30 bits per heavy atom. The lowest BCUT2D eigenvalue weighted by Gasteiger charge is -2.28. The molecule has 0 bridgehead atoms. The standard InChI is InChI=1S/C16H21N3O/c1-13-4-2-3-5-14(13)15(20)6-8-18-10-11-19-9-7-17-16(19)12-18/h2-5,7,9,15,20H,6,8,10-12H2,1H3. The van der Waals surface area contributed by atoms with Crippen molar-refractivity contribution in [3.05, 3.63) is 53.6 Å². The van der Waals surface area contributed by atoms with Gasteiger partial charge in [-0.15, -0.1) is 0 Å². The number of hydrogen-bond acceptors (Lipinski definition) is 3. The average Bonchev–Trinajstić information content (AvgIpc) is 2.92. The van der Waals surface area contributed by atoms with E-state index in [0.717, 1.165) is 49.6 Å². The largest absolute Gasteiger partial charge is 0.388 e. The summed E-state index contributed by atoms with van der Waals surface area (Å²) in [4.78, 5) is 6.73. The molecule has 0 spiro atoms. The summed E-state index contributed by atoms with van der Waals surface area (Å²) < 4.78 is 2.20. The van der Waals surface area contributed by atoms with Crippen LogP contribution in [0.3, 0.4) is 0 Å². The lowest BCUT2D eigenvalue weighted by atomic mass is 10.0. The highest BCUT2D eigenvalue weighted by atomic mass is 16.3. The summed E-state index contributed by atoms with van der Waals surface area (Å²) in [5.41, 5.74) is 2.21. The summed E-state index contributed by atoms with van der Waals surface area (Å²) in [7, 11) is 0. The van der Waals surface area contributed by atoms with Gasteiger partial charge in [0.15, 0.2) is 0 Å². The Morgan fingerprint density at radius 2 is 2.15 bits per heavy atom. The van der Waals surface area contributed by atoms with Crippen molar-refractivity contribution in [1.82, 2.24) is 14.5 Å². The summed E-state index contributed by atoms with van der Waals surface area (Å²) in [6.07, 6.45) is 4.29. The SMILES string of the molecule is Cc1ccccc1C(O)CCN1CCn2ccnc2C1. The zero-order valence-corrected chi connectivity index (χ0v) is 11.9. The van der Waals surface area contributed by atoms with Crippen molar-refractivity contribution in [3.8, 4) is 0 Å². The Bertz CT molecular complexity index is 579. The summed E-state index contributed by atoms with van der Waals surface area (Å²) >= 11 is 0. The molecule has 0 aliphatic carbocycles. The van der Waals surface area contributed by atoms with Gasteiger partial charge in [-0.25, -0.2) is 4.98 Å². The molecule has 1 unspecified atom stereocenters. The van der Waals surface area contributed by atoms with E-state index in [-0.39, 0.29) is 6.10 Å². The number of fused-ring (bicyclic) bond motifs is 1. The predicted molar refractivity (Wildman–Crippen MR) is 78.3 cm³/mol. The summed E-state index contributed by atoms with van der Waals surface area (Å²) in [6.45, 7) is 5.87. The van der Waals surface area contributed by atoms with Crippen molar-refractivity contribution < 1.29 is 5.11 Å². The number of aryl methyl sites for hydroxylation is 1. The van der Waals surface area contributed by atoms with Crippen LogP contribution >= 0.6 is 0 Å². The van der Waals surface area contributed by atoms with Crippen LogP contribution in [0.1, 0.15) is 29.5 Å². The van der Waals surface area contributed by atoms with Crippen LogP contribution in [0.2, 0.25) is 0 Å². The maximum absolute atomic E-state index is 10.3. The Balaban J connectivity index is 1.57. The Labute approximate surface area is 119 Å². The van der Waals surface area contributed by atoms with E-state index < -0.39 is 0 Å². The van der Waals surface area contributed by atoms with Gasteiger partial charge in [-0.05, 0) is 24.5 Å². The van der Waals surface area contributed by atoms with Gasteiger partial charge in [0.25, 0.3) is 0 Å². The van der Waals surface area contributed by atoms with Crippen LogP contribution in [0.4, 0.5) is 0 Å². The molecule has 4 nitrogen and oxygen atoms in total. The molecule has 1 aliphatic heterocycles. The average molecular weight is 271 g/mol. The minimum absolute atomic E-state index is 0.377. The van der Waals surface area contributed by atoms with Crippen LogP contribution in [0, 0.1) is 6.92 Å². The zero-order valence-electron chi connectivity index (χ0n) is 11.9. The molecular formula is C16H21N3O. The van der Waals surface area contributed by atoms with Gasteiger partial charge in [0, 0.05) is 32.0 Å². The molecule has 2 heterocycles. The van der Waals surface area contributed by atoms with Crippen molar-refractivity contribution in [3.63, 3.8) is 0 Å². The molecule has 1 aromatic carbocycles. The van der Waals surface area contributed by atoms with Crippen molar-refractivity contribution in [2.45, 2.75) is 32.5 Å². The molecule has 0 radical (unpaired) electrons. The first-order chi connectivity index (χ1) is 9.74. The fourth-order valence-corrected chi connectivity index (χ4v) is 2.84. The number of hydrogen-bond donors (Lipinski definition) is 1. The number of aromatic nitrogens is 2.